The number of ether oxygens (including phenoxy) is 4. The van der Waals surface area contributed by atoms with Crippen LogP contribution in [0.1, 0.15) is 110 Å². The summed E-state index contributed by atoms with van der Waals surface area (Å²) in [5, 5.41) is 30.2. The lowest BCUT2D eigenvalue weighted by molar-refractivity contribution is -0.301. The monoisotopic (exact) mass is 718 g/mol. The highest BCUT2D eigenvalue weighted by atomic mass is 32.3. The average Bonchev–Trinajstić information content (AvgIpc) is 3.07. The largest absolute Gasteiger partial charge is 0.457 e. The van der Waals surface area contributed by atoms with Crippen molar-refractivity contribution < 1.29 is 56.2 Å². The van der Waals surface area contributed by atoms with Gasteiger partial charge in [0.1, 0.15) is 30.5 Å². The second-order valence-corrected chi connectivity index (χ2v) is 13.1. The maximum atomic E-state index is 12.3. The van der Waals surface area contributed by atoms with Gasteiger partial charge in [0.05, 0.1) is 19.8 Å². The lowest BCUT2D eigenvalue weighted by Crippen LogP contribution is -2.60. The smallest absolute Gasteiger partial charge is 0.397 e. The first-order chi connectivity index (χ1) is 23.6. The molecule has 6 atom stereocenters. The Morgan fingerprint density at radius 2 is 1.39 bits per heavy atom. The Morgan fingerprint density at radius 1 is 0.796 bits per heavy atom. The number of allylic oxidation sites excluding steroid dienone is 8. The number of carbonyl (C=O) groups is 1. The number of rotatable bonds is 29. The van der Waals surface area contributed by atoms with Crippen molar-refractivity contribution in [1.29, 1.82) is 0 Å². The zero-order valence-corrected chi connectivity index (χ0v) is 30.3. The average molecular weight is 719 g/mol. The highest BCUT2D eigenvalue weighted by molar-refractivity contribution is 7.80. The number of hydrogen-bond acceptors (Lipinski definition) is 11. The molecule has 0 spiro atoms. The van der Waals surface area contributed by atoms with Crippen LogP contribution in [0.3, 0.4) is 0 Å². The molecule has 1 aliphatic rings. The molecule has 0 radical (unpaired) electrons. The maximum absolute atomic E-state index is 12.3. The Morgan fingerprint density at radius 3 is 1.98 bits per heavy atom. The third kappa shape index (κ3) is 23.2. The first-order valence-corrected chi connectivity index (χ1v) is 19.3. The van der Waals surface area contributed by atoms with Crippen LogP contribution in [0.25, 0.3) is 0 Å². The quantitative estimate of drug-likeness (QED) is 0.0323. The van der Waals surface area contributed by atoms with Gasteiger partial charge in [0.15, 0.2) is 6.29 Å². The molecule has 1 rings (SSSR count). The Hall–Kier alpha value is -1.94. The molecule has 284 valence electrons. The molecule has 0 aromatic heterocycles. The molecule has 12 nitrogen and oxygen atoms in total. The van der Waals surface area contributed by atoms with Crippen molar-refractivity contribution in [1.82, 2.24) is 0 Å². The van der Waals surface area contributed by atoms with Crippen LogP contribution in [-0.4, -0.2) is 97.5 Å². The fourth-order valence-electron chi connectivity index (χ4n) is 4.99. The molecule has 0 saturated carbocycles. The van der Waals surface area contributed by atoms with E-state index in [2.05, 4.69) is 59.7 Å². The highest BCUT2D eigenvalue weighted by Crippen LogP contribution is 2.26. The summed E-state index contributed by atoms with van der Waals surface area (Å²) in [5.74, 6) is -0.442. The van der Waals surface area contributed by atoms with E-state index in [0.717, 1.165) is 64.2 Å². The van der Waals surface area contributed by atoms with Gasteiger partial charge < -0.3 is 34.3 Å². The van der Waals surface area contributed by atoms with Gasteiger partial charge >= 0.3 is 16.4 Å². The van der Waals surface area contributed by atoms with E-state index in [1.54, 1.807) is 0 Å². The molecule has 0 aromatic rings. The molecule has 1 heterocycles. The molecular formula is C36H62O12S. The zero-order valence-electron chi connectivity index (χ0n) is 29.5. The zero-order chi connectivity index (χ0) is 36.2. The summed E-state index contributed by atoms with van der Waals surface area (Å²) in [6, 6.07) is 0. The van der Waals surface area contributed by atoms with Gasteiger partial charge in [-0.05, 0) is 51.4 Å². The van der Waals surface area contributed by atoms with E-state index in [0.29, 0.717) is 13.0 Å². The number of unbranched alkanes of at least 4 members (excludes halogenated alkanes) is 8. The van der Waals surface area contributed by atoms with E-state index >= 15 is 0 Å². The molecule has 1 fully saturated rings. The molecule has 1 aliphatic heterocycles. The van der Waals surface area contributed by atoms with Crippen LogP contribution in [0.15, 0.2) is 48.6 Å². The van der Waals surface area contributed by atoms with Crippen LogP contribution >= 0.6 is 0 Å². The van der Waals surface area contributed by atoms with Gasteiger partial charge in [0.2, 0.25) is 0 Å². The Balaban J connectivity index is 2.30. The van der Waals surface area contributed by atoms with Crippen molar-refractivity contribution in [3.05, 3.63) is 48.6 Å². The molecule has 0 aliphatic carbocycles. The number of carbonyl (C=O) groups excluding carboxylic acids is 1. The van der Waals surface area contributed by atoms with Crippen molar-refractivity contribution >= 4 is 16.4 Å². The summed E-state index contributed by atoms with van der Waals surface area (Å²) in [7, 11) is -5.05. The lowest BCUT2D eigenvalue weighted by atomic mass is 9.99. The van der Waals surface area contributed by atoms with Crippen LogP contribution in [-0.2, 0) is 38.3 Å². The Bertz CT molecular complexity index is 1060. The second-order valence-electron chi connectivity index (χ2n) is 12.1. The summed E-state index contributed by atoms with van der Waals surface area (Å²) in [4.78, 5) is 12.3. The molecule has 1 saturated heterocycles. The minimum Gasteiger partial charge on any atom is -0.457 e. The third-order valence-electron chi connectivity index (χ3n) is 7.72. The predicted molar refractivity (Wildman–Crippen MR) is 188 cm³/mol. The number of hydrogen-bond donors (Lipinski definition) is 4. The highest BCUT2D eigenvalue weighted by Gasteiger charge is 2.48. The number of aliphatic hydroxyl groups is 3. The van der Waals surface area contributed by atoms with E-state index in [4.69, 9.17) is 23.5 Å². The fourth-order valence-corrected chi connectivity index (χ4v) is 5.50. The number of esters is 1. The van der Waals surface area contributed by atoms with Gasteiger partial charge in [0, 0.05) is 13.0 Å². The van der Waals surface area contributed by atoms with Crippen LogP contribution < -0.4 is 0 Å². The predicted octanol–water partition coefficient (Wildman–Crippen LogP) is 5.67. The first-order valence-electron chi connectivity index (χ1n) is 17.9. The molecule has 49 heavy (non-hydrogen) atoms. The van der Waals surface area contributed by atoms with Gasteiger partial charge in [-0.15, -0.1) is 0 Å². The number of aliphatic hydroxyl groups excluding tert-OH is 3. The van der Waals surface area contributed by atoms with Crippen LogP contribution in [0.5, 0.6) is 0 Å². The van der Waals surface area contributed by atoms with Gasteiger partial charge in [-0.3, -0.25) is 9.35 Å². The normalized spacial score (nSPS) is 22.6. The van der Waals surface area contributed by atoms with E-state index in [1.807, 2.05) is 6.92 Å². The molecular weight excluding hydrogens is 656 g/mol. The minimum absolute atomic E-state index is 0.0228. The SMILES string of the molecule is CC/C=C\C/C=C\C/C=C\C/C=C\CCCCCCCCCOCC(COC1OC(CO)C(O)C(OS(=O)(=O)O)C1O)OC(=O)CCCC. The third-order valence-corrected chi connectivity index (χ3v) is 8.18. The van der Waals surface area contributed by atoms with Gasteiger partial charge in [-0.25, -0.2) is 4.18 Å². The maximum Gasteiger partial charge on any atom is 0.397 e. The molecule has 0 bridgehead atoms. The Kier molecular flexibility index (Phi) is 26.4. The minimum atomic E-state index is -5.05. The summed E-state index contributed by atoms with van der Waals surface area (Å²) >= 11 is 0. The van der Waals surface area contributed by atoms with Crippen molar-refractivity contribution in [2.75, 3.05) is 26.4 Å². The van der Waals surface area contributed by atoms with Gasteiger partial charge in [-0.2, -0.15) is 8.42 Å². The van der Waals surface area contributed by atoms with Gasteiger partial charge in [0.25, 0.3) is 0 Å². The van der Waals surface area contributed by atoms with Crippen molar-refractivity contribution in [3.8, 4) is 0 Å². The standard InChI is InChI=1S/C36H62O12S/c1-3-5-7-8-9-10-11-12-13-14-15-16-17-18-19-20-21-22-23-24-26-44-28-30(46-32(38)25-6-4-2)29-45-36-34(40)35(48-49(41,42)43)33(39)31(27-37)47-36/h5,7,9-10,12-13,15-16,30-31,33-37,39-40H,3-4,6,8,11,14,17-29H2,1-2H3,(H,41,42,43)/b7-5-,10-9-,13-12-,16-15-. The van der Waals surface area contributed by atoms with E-state index < -0.39 is 59.8 Å². The summed E-state index contributed by atoms with van der Waals surface area (Å²) in [6.45, 7) is 3.54. The summed E-state index contributed by atoms with van der Waals surface area (Å²) in [5.41, 5.74) is 0. The molecule has 13 heteroatoms. The van der Waals surface area contributed by atoms with E-state index in [-0.39, 0.29) is 19.6 Å². The summed E-state index contributed by atoms with van der Waals surface area (Å²) < 4.78 is 58.1. The van der Waals surface area contributed by atoms with Crippen LogP contribution in [0, 0.1) is 0 Å². The first kappa shape index (κ1) is 45.1. The lowest BCUT2D eigenvalue weighted by Gasteiger charge is -2.41. The van der Waals surface area contributed by atoms with E-state index in [9.17, 15) is 28.5 Å². The molecule has 4 N–H and O–H groups in total. The van der Waals surface area contributed by atoms with Crippen LogP contribution in [0.2, 0.25) is 0 Å². The fraction of sp³-hybridized carbons (Fsp3) is 0.750. The molecule has 0 aromatic carbocycles. The van der Waals surface area contributed by atoms with E-state index in [1.165, 1.54) is 19.3 Å². The molecule has 6 unspecified atom stereocenters. The van der Waals surface area contributed by atoms with Crippen molar-refractivity contribution in [2.24, 2.45) is 0 Å². The van der Waals surface area contributed by atoms with Crippen molar-refractivity contribution in [3.63, 3.8) is 0 Å². The van der Waals surface area contributed by atoms with Crippen molar-refractivity contribution in [2.45, 2.75) is 147 Å². The Labute approximate surface area is 294 Å². The van der Waals surface area contributed by atoms with Gasteiger partial charge in [-0.1, -0.05) is 101 Å². The summed E-state index contributed by atoms with van der Waals surface area (Å²) in [6.07, 6.45) is 23.0. The molecule has 0 amide bonds. The topological polar surface area (TPSA) is 178 Å². The van der Waals surface area contributed by atoms with Crippen LogP contribution in [0.4, 0.5) is 0 Å². The second kappa shape index (κ2) is 28.7.